The summed E-state index contributed by atoms with van der Waals surface area (Å²) in [5.74, 6) is -0.892. The highest BCUT2D eigenvalue weighted by Gasteiger charge is 2.29. The molecular weight excluding hydrogens is 156 g/mol. The zero-order valence-electron chi connectivity index (χ0n) is 7.62. The van der Waals surface area contributed by atoms with Crippen molar-refractivity contribution in [2.24, 2.45) is 11.8 Å². The molecule has 0 radical (unpaired) electrons. The van der Waals surface area contributed by atoms with Crippen LogP contribution in [0, 0.1) is 11.8 Å². The molecule has 1 fully saturated rings. The highest BCUT2D eigenvalue weighted by atomic mass is 16.5. The van der Waals surface area contributed by atoms with E-state index in [9.17, 15) is 4.79 Å². The number of aliphatic carboxylic acids is 1. The molecule has 1 aliphatic rings. The Morgan fingerprint density at radius 2 is 2.25 bits per heavy atom. The summed E-state index contributed by atoms with van der Waals surface area (Å²) in [6.07, 6.45) is 2.25. The van der Waals surface area contributed by atoms with Gasteiger partial charge >= 0.3 is 5.97 Å². The van der Waals surface area contributed by atoms with Gasteiger partial charge in [-0.1, -0.05) is 13.8 Å². The Hall–Kier alpha value is -0.570. The first-order chi connectivity index (χ1) is 5.63. The fourth-order valence-corrected chi connectivity index (χ4v) is 1.56. The third kappa shape index (κ3) is 1.97. The Morgan fingerprint density at radius 1 is 1.58 bits per heavy atom. The first-order valence-electron chi connectivity index (χ1n) is 4.47. The van der Waals surface area contributed by atoms with Crippen LogP contribution in [-0.2, 0) is 9.53 Å². The predicted octanol–water partition coefficient (Wildman–Crippen LogP) is 1.52. The average Bonchev–Trinajstić information content (AvgIpc) is 2.53. The largest absolute Gasteiger partial charge is 0.481 e. The minimum atomic E-state index is -0.724. The summed E-state index contributed by atoms with van der Waals surface area (Å²) >= 11 is 0. The number of carboxylic acids is 1. The molecule has 0 saturated carbocycles. The van der Waals surface area contributed by atoms with Crippen molar-refractivity contribution in [1.29, 1.82) is 0 Å². The summed E-state index contributed by atoms with van der Waals surface area (Å²) in [5.41, 5.74) is 0. The summed E-state index contributed by atoms with van der Waals surface area (Å²) in [4.78, 5) is 10.6. The molecule has 0 amide bonds. The third-order valence-electron chi connectivity index (χ3n) is 2.73. The van der Waals surface area contributed by atoms with Gasteiger partial charge in [0.15, 0.2) is 0 Å². The second-order valence-electron chi connectivity index (χ2n) is 3.54. The number of ether oxygens (including phenoxy) is 1. The lowest BCUT2D eigenvalue weighted by atomic mass is 9.89. The monoisotopic (exact) mass is 172 g/mol. The smallest absolute Gasteiger partial charge is 0.306 e. The van der Waals surface area contributed by atoms with Crippen LogP contribution in [0.2, 0.25) is 0 Å². The molecule has 1 aliphatic heterocycles. The van der Waals surface area contributed by atoms with Crippen LogP contribution in [0.1, 0.15) is 26.7 Å². The molecule has 0 aromatic carbocycles. The molecule has 3 nitrogen and oxygen atoms in total. The van der Waals surface area contributed by atoms with Gasteiger partial charge in [0.1, 0.15) is 0 Å². The maximum Gasteiger partial charge on any atom is 0.306 e. The molecule has 3 atom stereocenters. The first kappa shape index (κ1) is 9.52. The van der Waals surface area contributed by atoms with Crippen LogP contribution in [0.4, 0.5) is 0 Å². The highest BCUT2D eigenvalue weighted by Crippen LogP contribution is 2.25. The normalized spacial score (nSPS) is 28.3. The Labute approximate surface area is 72.7 Å². The maximum atomic E-state index is 10.6. The fraction of sp³-hybridized carbons (Fsp3) is 0.889. The molecule has 1 N–H and O–H groups in total. The minimum Gasteiger partial charge on any atom is -0.481 e. The standard InChI is InChI=1S/C9H16O3/c1-6(7(2)9(10)11)8-4-3-5-12-8/h6-8H,3-5H2,1-2H3,(H,10,11). The molecule has 0 bridgehead atoms. The molecular formula is C9H16O3. The van der Waals surface area contributed by atoms with E-state index in [0.717, 1.165) is 19.4 Å². The van der Waals surface area contributed by atoms with Crippen molar-refractivity contribution in [1.82, 2.24) is 0 Å². The molecule has 0 aromatic rings. The molecule has 1 saturated heterocycles. The van der Waals surface area contributed by atoms with Crippen LogP contribution in [0.5, 0.6) is 0 Å². The Balaban J connectivity index is 2.44. The van der Waals surface area contributed by atoms with E-state index in [-0.39, 0.29) is 17.9 Å². The van der Waals surface area contributed by atoms with Crippen molar-refractivity contribution in [2.45, 2.75) is 32.8 Å². The molecule has 12 heavy (non-hydrogen) atoms. The van der Waals surface area contributed by atoms with Crippen molar-refractivity contribution in [2.75, 3.05) is 6.61 Å². The third-order valence-corrected chi connectivity index (χ3v) is 2.73. The molecule has 0 aromatic heterocycles. The van der Waals surface area contributed by atoms with Crippen LogP contribution in [0.3, 0.4) is 0 Å². The van der Waals surface area contributed by atoms with Crippen LogP contribution in [-0.4, -0.2) is 23.8 Å². The Bertz CT molecular complexity index is 161. The second kappa shape index (κ2) is 3.90. The number of hydrogen-bond acceptors (Lipinski definition) is 2. The number of carboxylic acid groups (broad SMARTS) is 1. The van der Waals surface area contributed by atoms with Crippen LogP contribution in [0.25, 0.3) is 0 Å². The number of hydrogen-bond donors (Lipinski definition) is 1. The lowest BCUT2D eigenvalue weighted by Crippen LogP contribution is -2.28. The maximum absolute atomic E-state index is 10.6. The van der Waals surface area contributed by atoms with Gasteiger partial charge in [0, 0.05) is 6.61 Å². The number of rotatable bonds is 3. The van der Waals surface area contributed by atoms with Crippen molar-refractivity contribution in [3.05, 3.63) is 0 Å². The summed E-state index contributed by atoms with van der Waals surface area (Å²) < 4.78 is 5.42. The summed E-state index contributed by atoms with van der Waals surface area (Å²) in [6.45, 7) is 4.49. The van der Waals surface area contributed by atoms with E-state index in [2.05, 4.69) is 0 Å². The fourth-order valence-electron chi connectivity index (χ4n) is 1.56. The van der Waals surface area contributed by atoms with Gasteiger partial charge in [-0.25, -0.2) is 0 Å². The van der Waals surface area contributed by atoms with E-state index in [1.807, 2.05) is 6.92 Å². The minimum absolute atomic E-state index is 0.130. The molecule has 3 heteroatoms. The van der Waals surface area contributed by atoms with Crippen molar-refractivity contribution >= 4 is 5.97 Å². The predicted molar refractivity (Wildman–Crippen MR) is 44.9 cm³/mol. The van der Waals surface area contributed by atoms with Crippen molar-refractivity contribution in [3.8, 4) is 0 Å². The Morgan fingerprint density at radius 3 is 2.67 bits per heavy atom. The topological polar surface area (TPSA) is 46.5 Å². The second-order valence-corrected chi connectivity index (χ2v) is 3.54. The van der Waals surface area contributed by atoms with E-state index in [0.29, 0.717) is 0 Å². The summed E-state index contributed by atoms with van der Waals surface area (Å²) in [5, 5.41) is 8.76. The molecule has 3 unspecified atom stereocenters. The van der Waals surface area contributed by atoms with E-state index in [4.69, 9.17) is 9.84 Å². The van der Waals surface area contributed by atoms with Gasteiger partial charge < -0.3 is 9.84 Å². The molecule has 1 rings (SSSR count). The lowest BCUT2D eigenvalue weighted by Gasteiger charge is -2.21. The SMILES string of the molecule is CC(C(=O)O)C(C)C1CCCO1. The average molecular weight is 172 g/mol. The van der Waals surface area contributed by atoms with Crippen LogP contribution < -0.4 is 0 Å². The van der Waals surface area contributed by atoms with Crippen molar-refractivity contribution in [3.63, 3.8) is 0 Å². The molecule has 70 valence electrons. The zero-order valence-corrected chi connectivity index (χ0v) is 7.62. The van der Waals surface area contributed by atoms with Gasteiger partial charge in [0.2, 0.25) is 0 Å². The lowest BCUT2D eigenvalue weighted by molar-refractivity contribution is -0.144. The molecule has 1 heterocycles. The van der Waals surface area contributed by atoms with E-state index in [1.54, 1.807) is 6.92 Å². The van der Waals surface area contributed by atoms with Gasteiger partial charge in [-0.05, 0) is 18.8 Å². The summed E-state index contributed by atoms with van der Waals surface area (Å²) in [7, 11) is 0. The van der Waals surface area contributed by atoms with E-state index < -0.39 is 5.97 Å². The number of carbonyl (C=O) groups is 1. The molecule has 0 spiro atoms. The Kier molecular flexibility index (Phi) is 3.09. The van der Waals surface area contributed by atoms with Gasteiger partial charge in [0.05, 0.1) is 12.0 Å². The highest BCUT2D eigenvalue weighted by molar-refractivity contribution is 5.69. The van der Waals surface area contributed by atoms with Crippen molar-refractivity contribution < 1.29 is 14.6 Å². The van der Waals surface area contributed by atoms with Gasteiger partial charge in [-0.15, -0.1) is 0 Å². The molecule has 0 aliphatic carbocycles. The zero-order chi connectivity index (χ0) is 9.14. The van der Waals surface area contributed by atoms with Gasteiger partial charge in [-0.2, -0.15) is 0 Å². The van der Waals surface area contributed by atoms with E-state index >= 15 is 0 Å². The van der Waals surface area contributed by atoms with E-state index in [1.165, 1.54) is 0 Å². The quantitative estimate of drug-likeness (QED) is 0.702. The summed E-state index contributed by atoms with van der Waals surface area (Å²) in [6, 6.07) is 0. The van der Waals surface area contributed by atoms with Gasteiger partial charge in [-0.3, -0.25) is 4.79 Å². The van der Waals surface area contributed by atoms with Crippen LogP contribution in [0.15, 0.2) is 0 Å². The first-order valence-corrected chi connectivity index (χ1v) is 4.47. The van der Waals surface area contributed by atoms with Crippen LogP contribution >= 0.6 is 0 Å². The van der Waals surface area contributed by atoms with Gasteiger partial charge in [0.25, 0.3) is 0 Å².